The van der Waals surface area contributed by atoms with Crippen LogP contribution in [0.1, 0.15) is 6.92 Å². The molecule has 0 spiro atoms. The number of hydrogen-bond acceptors (Lipinski definition) is 3. The van der Waals surface area contributed by atoms with Crippen LogP contribution in [0.3, 0.4) is 0 Å². The summed E-state index contributed by atoms with van der Waals surface area (Å²) in [6.07, 6.45) is 0.821. The van der Waals surface area contributed by atoms with Crippen LogP contribution in [0.15, 0.2) is 0 Å². The molecule has 2 atom stereocenters. The van der Waals surface area contributed by atoms with Gasteiger partial charge in [0.15, 0.2) is 0 Å². The highest BCUT2D eigenvalue weighted by atomic mass is 32.2. The molecule has 2 N–H and O–H groups in total. The zero-order valence-electron chi connectivity index (χ0n) is 7.44. The second-order valence-electron chi connectivity index (χ2n) is 3.13. The Balaban J connectivity index is 2.13. The van der Waals surface area contributed by atoms with E-state index in [-0.39, 0.29) is 24.1 Å². The average molecular weight is 194 g/mol. The van der Waals surface area contributed by atoms with Crippen molar-refractivity contribution in [1.29, 1.82) is 0 Å². The van der Waals surface area contributed by atoms with Crippen LogP contribution in [0.5, 0.6) is 0 Å². The standard InChI is InChI=1S/C8H18O3S/c1-7-8(11-7)6-12(4-2-9)5-3-10/h7-10,12H,2-6H2,1H3. The maximum atomic E-state index is 8.76. The summed E-state index contributed by atoms with van der Waals surface area (Å²) in [6.45, 7) is 2.55. The fourth-order valence-corrected chi connectivity index (χ4v) is 3.30. The molecular formula is C8H18O3S. The van der Waals surface area contributed by atoms with Gasteiger partial charge in [0, 0.05) is 5.75 Å². The van der Waals surface area contributed by atoms with Gasteiger partial charge in [0.1, 0.15) is 0 Å². The van der Waals surface area contributed by atoms with Gasteiger partial charge in [-0.2, -0.15) is 0 Å². The van der Waals surface area contributed by atoms with E-state index in [0.717, 1.165) is 17.3 Å². The normalized spacial score (nSPS) is 28.8. The zero-order valence-corrected chi connectivity index (χ0v) is 8.33. The molecule has 0 aromatic rings. The van der Waals surface area contributed by atoms with E-state index in [2.05, 4.69) is 6.92 Å². The average Bonchev–Trinajstić information content (AvgIpc) is 2.67. The Hall–Kier alpha value is 0.230. The number of epoxide rings is 1. The molecule has 1 saturated heterocycles. The highest BCUT2D eigenvalue weighted by Crippen LogP contribution is 2.33. The van der Waals surface area contributed by atoms with Crippen LogP contribution in [0, 0.1) is 0 Å². The van der Waals surface area contributed by atoms with E-state index < -0.39 is 0 Å². The fraction of sp³-hybridized carbons (Fsp3) is 1.00. The Labute approximate surface area is 76.1 Å². The van der Waals surface area contributed by atoms with Gasteiger partial charge in [0.25, 0.3) is 0 Å². The van der Waals surface area contributed by atoms with Gasteiger partial charge in [-0.3, -0.25) is 0 Å². The first-order chi connectivity index (χ1) is 5.77. The summed E-state index contributed by atoms with van der Waals surface area (Å²) in [4.78, 5) is 0. The van der Waals surface area contributed by atoms with Crippen molar-refractivity contribution in [3.8, 4) is 0 Å². The van der Waals surface area contributed by atoms with Crippen molar-refractivity contribution >= 4 is 10.9 Å². The second kappa shape index (κ2) is 5.07. The zero-order chi connectivity index (χ0) is 8.97. The van der Waals surface area contributed by atoms with Gasteiger partial charge in [-0.05, 0) is 18.4 Å². The van der Waals surface area contributed by atoms with Crippen molar-refractivity contribution in [3.63, 3.8) is 0 Å². The SMILES string of the molecule is CC1OC1C[SH](CCO)CCO. The molecule has 12 heavy (non-hydrogen) atoms. The van der Waals surface area contributed by atoms with Crippen LogP contribution in [-0.2, 0) is 4.74 Å². The lowest BCUT2D eigenvalue weighted by atomic mass is 10.4. The number of thiol groups is 1. The minimum Gasteiger partial charge on any atom is -0.396 e. The molecule has 4 heteroatoms. The molecule has 3 nitrogen and oxygen atoms in total. The number of aliphatic hydroxyl groups excluding tert-OH is 2. The molecular weight excluding hydrogens is 176 g/mol. The van der Waals surface area contributed by atoms with Crippen LogP contribution < -0.4 is 0 Å². The van der Waals surface area contributed by atoms with Crippen LogP contribution in [0.2, 0.25) is 0 Å². The number of hydrogen-bond donors (Lipinski definition) is 3. The Bertz CT molecular complexity index is 125. The van der Waals surface area contributed by atoms with E-state index in [1.54, 1.807) is 0 Å². The highest BCUT2D eigenvalue weighted by Gasteiger charge is 2.34. The molecule has 1 fully saturated rings. The van der Waals surface area contributed by atoms with E-state index in [0.29, 0.717) is 12.2 Å². The Morgan fingerprint density at radius 2 is 1.75 bits per heavy atom. The van der Waals surface area contributed by atoms with E-state index in [4.69, 9.17) is 14.9 Å². The van der Waals surface area contributed by atoms with E-state index in [1.807, 2.05) is 0 Å². The number of rotatable bonds is 6. The maximum absolute atomic E-state index is 8.76. The van der Waals surface area contributed by atoms with Gasteiger partial charge >= 0.3 is 0 Å². The summed E-state index contributed by atoms with van der Waals surface area (Å²) < 4.78 is 5.29. The number of ether oxygens (including phenoxy) is 1. The first kappa shape index (κ1) is 10.3. The lowest BCUT2D eigenvalue weighted by Gasteiger charge is -2.17. The van der Waals surface area contributed by atoms with Crippen LogP contribution >= 0.6 is 10.9 Å². The molecule has 0 aromatic heterocycles. The molecule has 1 heterocycles. The third-order valence-electron chi connectivity index (χ3n) is 2.11. The molecule has 2 unspecified atom stereocenters. The number of aliphatic hydroxyl groups is 2. The summed E-state index contributed by atoms with van der Waals surface area (Å²) in [5.41, 5.74) is 0. The van der Waals surface area contributed by atoms with Crippen LogP contribution in [0.4, 0.5) is 0 Å². The third-order valence-corrected chi connectivity index (χ3v) is 4.65. The summed E-state index contributed by atoms with van der Waals surface area (Å²) in [6, 6.07) is 0. The van der Waals surface area contributed by atoms with Gasteiger partial charge < -0.3 is 14.9 Å². The predicted molar refractivity (Wildman–Crippen MR) is 52.1 cm³/mol. The van der Waals surface area contributed by atoms with Crippen molar-refractivity contribution in [1.82, 2.24) is 0 Å². The molecule has 0 saturated carbocycles. The van der Waals surface area contributed by atoms with Gasteiger partial charge in [0.05, 0.1) is 25.4 Å². The largest absolute Gasteiger partial charge is 0.396 e. The molecule has 1 rings (SSSR count). The molecule has 1 aliphatic rings. The quantitative estimate of drug-likeness (QED) is 0.404. The summed E-state index contributed by atoms with van der Waals surface area (Å²) in [5.74, 6) is 2.75. The van der Waals surface area contributed by atoms with E-state index in [1.165, 1.54) is 0 Å². The van der Waals surface area contributed by atoms with Crippen LogP contribution in [0.25, 0.3) is 0 Å². The minimum absolute atomic E-state index is 0.189. The molecule has 0 bridgehead atoms. The smallest absolute Gasteiger partial charge is 0.0912 e. The molecule has 0 aliphatic carbocycles. The molecule has 0 radical (unpaired) electrons. The molecule has 0 aromatic carbocycles. The van der Waals surface area contributed by atoms with Gasteiger partial charge in [-0.15, -0.1) is 0 Å². The van der Waals surface area contributed by atoms with Gasteiger partial charge in [-0.25, -0.2) is 10.9 Å². The van der Waals surface area contributed by atoms with Crippen molar-refractivity contribution in [2.24, 2.45) is 0 Å². The topological polar surface area (TPSA) is 53.0 Å². The Morgan fingerprint density at radius 1 is 1.25 bits per heavy atom. The lowest BCUT2D eigenvalue weighted by molar-refractivity contribution is 0.317. The predicted octanol–water partition coefficient (Wildman–Crippen LogP) is -0.241. The lowest BCUT2D eigenvalue weighted by Crippen LogP contribution is -2.09. The monoisotopic (exact) mass is 194 g/mol. The summed E-state index contributed by atoms with van der Waals surface area (Å²) in [5, 5.41) is 17.5. The van der Waals surface area contributed by atoms with Crippen molar-refractivity contribution in [3.05, 3.63) is 0 Å². The first-order valence-corrected chi connectivity index (χ1v) is 6.27. The van der Waals surface area contributed by atoms with Crippen LogP contribution in [-0.4, -0.2) is 52.9 Å². The van der Waals surface area contributed by atoms with Crippen molar-refractivity contribution in [2.45, 2.75) is 19.1 Å². The Morgan fingerprint density at radius 3 is 2.08 bits per heavy atom. The van der Waals surface area contributed by atoms with E-state index >= 15 is 0 Å². The molecule has 0 amide bonds. The van der Waals surface area contributed by atoms with E-state index in [9.17, 15) is 0 Å². The third kappa shape index (κ3) is 3.31. The minimum atomic E-state index is -0.189. The molecule has 1 aliphatic heterocycles. The summed E-state index contributed by atoms with van der Waals surface area (Å²) >= 11 is 0. The van der Waals surface area contributed by atoms with Crippen molar-refractivity contribution < 1.29 is 14.9 Å². The highest BCUT2D eigenvalue weighted by molar-refractivity contribution is 8.17. The Kier molecular flexibility index (Phi) is 4.35. The fourth-order valence-electron chi connectivity index (χ4n) is 1.25. The van der Waals surface area contributed by atoms with Gasteiger partial charge in [0.2, 0.25) is 0 Å². The second-order valence-corrected chi connectivity index (χ2v) is 5.73. The first-order valence-electron chi connectivity index (χ1n) is 4.37. The maximum Gasteiger partial charge on any atom is 0.0912 e. The summed E-state index contributed by atoms with van der Waals surface area (Å²) in [7, 11) is -0.189. The van der Waals surface area contributed by atoms with Crippen molar-refractivity contribution in [2.75, 3.05) is 30.5 Å². The van der Waals surface area contributed by atoms with Gasteiger partial charge in [-0.1, -0.05) is 0 Å². The molecule has 74 valence electrons.